The van der Waals surface area contributed by atoms with Gasteiger partial charge in [-0.1, -0.05) is 52.0 Å². The van der Waals surface area contributed by atoms with E-state index in [9.17, 15) is 10.2 Å². The van der Waals surface area contributed by atoms with Crippen LogP contribution in [0, 0.1) is 47.3 Å². The van der Waals surface area contributed by atoms with E-state index < -0.39 is 0 Å². The first-order valence-corrected chi connectivity index (χ1v) is 14.0. The summed E-state index contributed by atoms with van der Waals surface area (Å²) >= 11 is 0. The first-order chi connectivity index (χ1) is 16.3. The first kappa shape index (κ1) is 21.3. The summed E-state index contributed by atoms with van der Waals surface area (Å²) in [5.41, 5.74) is 5.26. The van der Waals surface area contributed by atoms with Gasteiger partial charge in [0, 0.05) is 0 Å². The van der Waals surface area contributed by atoms with E-state index >= 15 is 0 Å². The van der Waals surface area contributed by atoms with Crippen LogP contribution in [0.2, 0.25) is 0 Å². The lowest BCUT2D eigenvalue weighted by Gasteiger charge is -2.59. The van der Waals surface area contributed by atoms with E-state index in [1.54, 1.807) is 0 Å². The molecular formula is C32H40O2. The maximum Gasteiger partial charge on any atom is 0.119 e. The molecule has 0 amide bonds. The monoisotopic (exact) mass is 456 g/mol. The van der Waals surface area contributed by atoms with E-state index in [2.05, 4.69) is 52.0 Å². The highest BCUT2D eigenvalue weighted by Gasteiger charge is 2.72. The Balaban J connectivity index is 1.13. The SMILES string of the molecule is CC(C)c1cc(C2CC3CC2C2C3C3C4CC(CC4c4ccc(O)c(C(C)C)c4)C23)ccc1O. The Kier molecular flexibility index (Phi) is 4.57. The van der Waals surface area contributed by atoms with Crippen LogP contribution >= 0.6 is 0 Å². The van der Waals surface area contributed by atoms with E-state index in [1.807, 2.05) is 12.1 Å². The van der Waals surface area contributed by atoms with Crippen molar-refractivity contribution in [2.45, 2.75) is 77.0 Å². The van der Waals surface area contributed by atoms with Crippen LogP contribution in [0.5, 0.6) is 11.5 Å². The quantitative estimate of drug-likeness (QED) is 0.493. The second kappa shape index (κ2) is 7.28. The van der Waals surface area contributed by atoms with Crippen LogP contribution in [0.3, 0.4) is 0 Å². The van der Waals surface area contributed by atoms with Crippen molar-refractivity contribution >= 4 is 0 Å². The van der Waals surface area contributed by atoms with Gasteiger partial charge < -0.3 is 10.2 Å². The van der Waals surface area contributed by atoms with Crippen LogP contribution in [-0.2, 0) is 0 Å². The predicted molar refractivity (Wildman–Crippen MR) is 136 cm³/mol. The van der Waals surface area contributed by atoms with E-state index in [0.717, 1.165) is 58.5 Å². The smallest absolute Gasteiger partial charge is 0.119 e. The van der Waals surface area contributed by atoms with Crippen LogP contribution in [0.25, 0.3) is 0 Å². The molecule has 2 aromatic carbocycles. The van der Waals surface area contributed by atoms with Gasteiger partial charge in [0.05, 0.1) is 0 Å². The second-order valence-corrected chi connectivity index (χ2v) is 13.3. The number of aromatic hydroxyl groups is 2. The summed E-state index contributed by atoms with van der Waals surface area (Å²) in [5, 5.41) is 20.7. The molecule has 2 N–H and O–H groups in total. The fourth-order valence-electron chi connectivity index (χ4n) is 10.3. The van der Waals surface area contributed by atoms with Gasteiger partial charge in [-0.3, -0.25) is 0 Å². The van der Waals surface area contributed by atoms with Crippen molar-refractivity contribution in [2.24, 2.45) is 47.3 Å². The van der Waals surface area contributed by atoms with E-state index in [-0.39, 0.29) is 0 Å². The van der Waals surface area contributed by atoms with Crippen LogP contribution in [0.15, 0.2) is 36.4 Å². The molecule has 6 unspecified atom stereocenters. The van der Waals surface area contributed by atoms with Gasteiger partial charge in [0.15, 0.2) is 0 Å². The number of phenolic OH excluding ortho intramolecular Hbond substituents is 2. The molecular weight excluding hydrogens is 416 g/mol. The fraction of sp³-hybridized carbons (Fsp3) is 0.625. The third-order valence-electron chi connectivity index (χ3n) is 11.4. The lowest BCUT2D eigenvalue weighted by molar-refractivity contribution is -0.102. The molecule has 180 valence electrons. The van der Waals surface area contributed by atoms with E-state index in [0.29, 0.717) is 35.2 Å². The summed E-state index contributed by atoms with van der Waals surface area (Å²) in [6.07, 6.45) is 5.64. The van der Waals surface area contributed by atoms with Crippen molar-refractivity contribution in [2.75, 3.05) is 0 Å². The Hall–Kier alpha value is -1.96. The zero-order chi connectivity index (χ0) is 23.5. The van der Waals surface area contributed by atoms with Crippen molar-refractivity contribution in [3.8, 4) is 11.5 Å². The summed E-state index contributed by atoms with van der Waals surface area (Å²) in [4.78, 5) is 0. The fourth-order valence-corrected chi connectivity index (χ4v) is 10.3. The number of hydrogen-bond acceptors (Lipinski definition) is 2. The zero-order valence-corrected chi connectivity index (χ0v) is 21.1. The number of fused-ring (bicyclic) bond motifs is 12. The van der Waals surface area contributed by atoms with Crippen molar-refractivity contribution in [3.63, 3.8) is 0 Å². The summed E-state index contributed by atoms with van der Waals surface area (Å²) in [5.74, 6) is 10.6. The van der Waals surface area contributed by atoms with Gasteiger partial charge in [0.1, 0.15) is 11.5 Å². The summed E-state index contributed by atoms with van der Waals surface area (Å²) in [7, 11) is 0. The number of phenols is 2. The molecule has 0 saturated heterocycles. The maximum absolute atomic E-state index is 10.3. The van der Waals surface area contributed by atoms with Gasteiger partial charge in [0.25, 0.3) is 0 Å². The van der Waals surface area contributed by atoms with Crippen LogP contribution in [0.1, 0.15) is 99.3 Å². The molecule has 0 spiro atoms. The minimum atomic E-state index is 0.373. The minimum absolute atomic E-state index is 0.373. The minimum Gasteiger partial charge on any atom is -0.508 e. The molecule has 0 radical (unpaired) electrons. The Morgan fingerprint density at radius 2 is 1.00 bits per heavy atom. The first-order valence-electron chi connectivity index (χ1n) is 14.0. The van der Waals surface area contributed by atoms with Crippen LogP contribution in [0.4, 0.5) is 0 Å². The molecule has 6 atom stereocenters. The van der Waals surface area contributed by atoms with Gasteiger partial charge in [0.2, 0.25) is 0 Å². The Labute approximate surface area is 204 Å². The normalized spacial score (nSPS) is 41.2. The number of benzene rings is 2. The average molecular weight is 457 g/mol. The lowest BCUT2D eigenvalue weighted by Crippen LogP contribution is -2.54. The molecule has 4 bridgehead atoms. The molecule has 5 fully saturated rings. The molecule has 0 heterocycles. The Morgan fingerprint density at radius 3 is 1.38 bits per heavy atom. The van der Waals surface area contributed by atoms with Crippen molar-refractivity contribution in [3.05, 3.63) is 58.7 Å². The molecule has 5 aliphatic rings. The topological polar surface area (TPSA) is 40.5 Å². The highest BCUT2D eigenvalue weighted by Crippen LogP contribution is 2.79. The summed E-state index contributed by atoms with van der Waals surface area (Å²) < 4.78 is 0. The second-order valence-electron chi connectivity index (χ2n) is 13.3. The highest BCUT2D eigenvalue weighted by atomic mass is 16.3. The van der Waals surface area contributed by atoms with Crippen LogP contribution < -0.4 is 0 Å². The third-order valence-corrected chi connectivity index (χ3v) is 11.4. The number of rotatable bonds is 4. The average Bonchev–Trinajstić information content (AvgIpc) is 3.52. The molecule has 2 aromatic rings. The third kappa shape index (κ3) is 2.75. The van der Waals surface area contributed by atoms with Crippen molar-refractivity contribution in [1.29, 1.82) is 0 Å². The van der Waals surface area contributed by atoms with E-state index in [4.69, 9.17) is 0 Å². The van der Waals surface area contributed by atoms with E-state index in [1.165, 1.54) is 36.8 Å². The molecule has 5 aliphatic carbocycles. The zero-order valence-electron chi connectivity index (χ0n) is 21.1. The van der Waals surface area contributed by atoms with Crippen molar-refractivity contribution in [1.82, 2.24) is 0 Å². The van der Waals surface area contributed by atoms with Gasteiger partial charge in [-0.15, -0.1) is 0 Å². The van der Waals surface area contributed by atoms with Gasteiger partial charge in [-0.2, -0.15) is 0 Å². The number of hydrogen-bond donors (Lipinski definition) is 2. The van der Waals surface area contributed by atoms with Crippen molar-refractivity contribution < 1.29 is 10.2 Å². The van der Waals surface area contributed by atoms with Gasteiger partial charge >= 0.3 is 0 Å². The Morgan fingerprint density at radius 1 is 0.588 bits per heavy atom. The molecule has 7 rings (SSSR count). The summed E-state index contributed by atoms with van der Waals surface area (Å²) in [6, 6.07) is 13.1. The lowest BCUT2D eigenvalue weighted by atomic mass is 9.45. The Bertz CT molecular complexity index is 1030. The highest BCUT2D eigenvalue weighted by molar-refractivity contribution is 5.43. The summed E-state index contributed by atoms with van der Waals surface area (Å²) in [6.45, 7) is 8.76. The van der Waals surface area contributed by atoms with Gasteiger partial charge in [-0.05, 0) is 131 Å². The van der Waals surface area contributed by atoms with Gasteiger partial charge in [-0.25, -0.2) is 0 Å². The standard InChI is InChI=1S/C32H40O2/c1-15(2)21-9-17(5-7-27(21)33)23-11-19-13-25(23)31-29(19)32-26-14-20(30(31)32)12-24(26)18-6-8-28(34)22(10-18)16(3)4/h5-10,15-16,19-20,23-26,29-34H,11-14H2,1-4H3. The maximum atomic E-state index is 10.3. The molecule has 0 aliphatic heterocycles. The molecule has 34 heavy (non-hydrogen) atoms. The predicted octanol–water partition coefficient (Wildman–Crippen LogP) is 7.77. The molecule has 2 nitrogen and oxygen atoms in total. The van der Waals surface area contributed by atoms with Crippen LogP contribution in [-0.4, -0.2) is 10.2 Å². The largest absolute Gasteiger partial charge is 0.508 e. The molecule has 5 saturated carbocycles. The molecule has 2 heteroatoms. The molecule has 0 aromatic heterocycles.